The quantitative estimate of drug-likeness (QED) is 0.882. The summed E-state index contributed by atoms with van der Waals surface area (Å²) < 4.78 is 5.34. The Balaban J connectivity index is 1.55. The first-order valence-electron chi connectivity index (χ1n) is 8.18. The van der Waals surface area contributed by atoms with Gasteiger partial charge < -0.3 is 20.1 Å². The Labute approximate surface area is 141 Å². The molecule has 1 atom stereocenters. The van der Waals surface area contributed by atoms with Crippen LogP contribution in [0, 0.1) is 0 Å². The van der Waals surface area contributed by atoms with Crippen molar-refractivity contribution in [2.75, 3.05) is 37.7 Å². The third-order valence-corrected chi connectivity index (χ3v) is 4.15. The number of morpholine rings is 1. The monoisotopic (exact) mass is 326 g/mol. The van der Waals surface area contributed by atoms with Crippen LogP contribution in [0.2, 0.25) is 0 Å². The molecule has 1 heterocycles. The van der Waals surface area contributed by atoms with Crippen molar-refractivity contribution in [2.24, 2.45) is 0 Å². The van der Waals surface area contributed by atoms with E-state index >= 15 is 0 Å². The van der Waals surface area contributed by atoms with Crippen molar-refractivity contribution in [3.05, 3.63) is 65.7 Å². The number of aliphatic hydroxyl groups is 1. The van der Waals surface area contributed by atoms with Gasteiger partial charge in [0.05, 0.1) is 19.3 Å². The molecule has 1 aliphatic rings. The lowest BCUT2D eigenvalue weighted by atomic mass is 10.1. The number of anilines is 1. The lowest BCUT2D eigenvalue weighted by Gasteiger charge is -2.28. The molecule has 0 unspecified atom stereocenters. The molecule has 2 aromatic carbocycles. The number of carbonyl (C=O) groups excluding carboxylic acids is 1. The van der Waals surface area contributed by atoms with Crippen LogP contribution < -0.4 is 10.2 Å². The zero-order valence-corrected chi connectivity index (χ0v) is 13.5. The summed E-state index contributed by atoms with van der Waals surface area (Å²) >= 11 is 0. The van der Waals surface area contributed by atoms with Crippen LogP contribution >= 0.6 is 0 Å². The lowest BCUT2D eigenvalue weighted by molar-refractivity contribution is 0.0916. The summed E-state index contributed by atoms with van der Waals surface area (Å²) in [6.45, 7) is 3.40. The van der Waals surface area contributed by atoms with Crippen LogP contribution in [0.15, 0.2) is 54.6 Å². The van der Waals surface area contributed by atoms with Gasteiger partial charge in [-0.1, -0.05) is 30.3 Å². The smallest absolute Gasteiger partial charge is 0.251 e. The Bertz CT molecular complexity index is 652. The Hall–Kier alpha value is -2.37. The van der Waals surface area contributed by atoms with Gasteiger partial charge in [-0.25, -0.2) is 0 Å². The van der Waals surface area contributed by atoms with Crippen molar-refractivity contribution in [3.8, 4) is 0 Å². The van der Waals surface area contributed by atoms with E-state index in [1.807, 2.05) is 54.6 Å². The minimum absolute atomic E-state index is 0.182. The fraction of sp³-hybridized carbons (Fsp3) is 0.316. The summed E-state index contributed by atoms with van der Waals surface area (Å²) in [5, 5.41) is 12.9. The van der Waals surface area contributed by atoms with Crippen LogP contribution in [0.3, 0.4) is 0 Å². The number of hydrogen-bond acceptors (Lipinski definition) is 4. The first kappa shape index (κ1) is 16.5. The lowest BCUT2D eigenvalue weighted by Crippen LogP contribution is -2.36. The number of rotatable bonds is 5. The van der Waals surface area contributed by atoms with Gasteiger partial charge in [0.25, 0.3) is 5.91 Å². The Morgan fingerprint density at radius 1 is 1.08 bits per heavy atom. The summed E-state index contributed by atoms with van der Waals surface area (Å²) in [4.78, 5) is 14.5. The first-order chi connectivity index (χ1) is 11.7. The van der Waals surface area contributed by atoms with Gasteiger partial charge in [-0.3, -0.25) is 4.79 Å². The van der Waals surface area contributed by atoms with Crippen LogP contribution in [0.1, 0.15) is 22.0 Å². The first-order valence-corrected chi connectivity index (χ1v) is 8.18. The van der Waals surface area contributed by atoms with Gasteiger partial charge in [0.15, 0.2) is 0 Å². The highest BCUT2D eigenvalue weighted by Crippen LogP contribution is 2.17. The topological polar surface area (TPSA) is 61.8 Å². The SMILES string of the molecule is O=C(NC[C@H](O)c1ccccc1)c1ccc(N2CCOCC2)cc1. The van der Waals surface area contributed by atoms with E-state index < -0.39 is 6.10 Å². The number of carbonyl (C=O) groups is 1. The molecule has 3 rings (SSSR count). The minimum atomic E-state index is -0.706. The van der Waals surface area contributed by atoms with Gasteiger partial charge in [-0.15, -0.1) is 0 Å². The summed E-state index contributed by atoms with van der Waals surface area (Å²) in [5.74, 6) is -0.182. The Kier molecular flexibility index (Phi) is 5.46. The molecule has 0 spiro atoms. The van der Waals surface area contributed by atoms with Crippen molar-refractivity contribution in [1.29, 1.82) is 0 Å². The molecule has 126 valence electrons. The second-order valence-electron chi connectivity index (χ2n) is 5.78. The van der Waals surface area contributed by atoms with Gasteiger partial charge in [0, 0.05) is 30.9 Å². The molecule has 0 aromatic heterocycles. The maximum Gasteiger partial charge on any atom is 0.251 e. The predicted octanol–water partition coefficient (Wildman–Crippen LogP) is 1.99. The van der Waals surface area contributed by atoms with Crippen molar-refractivity contribution in [3.63, 3.8) is 0 Å². The Morgan fingerprint density at radius 2 is 1.75 bits per heavy atom. The molecular formula is C19H22N2O3. The standard InChI is InChI=1S/C19H22N2O3/c22-18(15-4-2-1-3-5-15)14-20-19(23)16-6-8-17(9-7-16)21-10-12-24-13-11-21/h1-9,18,22H,10-14H2,(H,20,23)/t18-/m0/s1. The highest BCUT2D eigenvalue weighted by Gasteiger charge is 2.13. The molecule has 2 N–H and O–H groups in total. The molecule has 5 heteroatoms. The van der Waals surface area contributed by atoms with Crippen molar-refractivity contribution >= 4 is 11.6 Å². The van der Waals surface area contributed by atoms with E-state index in [4.69, 9.17) is 4.74 Å². The van der Waals surface area contributed by atoms with Crippen LogP contribution in [0.5, 0.6) is 0 Å². The molecule has 1 fully saturated rings. The number of hydrogen-bond donors (Lipinski definition) is 2. The predicted molar refractivity (Wildman–Crippen MR) is 93.2 cm³/mol. The summed E-state index contributed by atoms with van der Waals surface area (Å²) in [6, 6.07) is 16.8. The average molecular weight is 326 g/mol. The van der Waals surface area contributed by atoms with E-state index in [0.717, 1.165) is 37.6 Å². The highest BCUT2D eigenvalue weighted by atomic mass is 16.5. The van der Waals surface area contributed by atoms with Crippen molar-refractivity contribution in [1.82, 2.24) is 5.32 Å². The molecule has 5 nitrogen and oxygen atoms in total. The van der Waals surface area contributed by atoms with Gasteiger partial charge in [0.2, 0.25) is 0 Å². The van der Waals surface area contributed by atoms with E-state index in [2.05, 4.69) is 10.2 Å². The average Bonchev–Trinajstić information content (AvgIpc) is 2.67. The van der Waals surface area contributed by atoms with Crippen LogP contribution in [-0.4, -0.2) is 43.9 Å². The van der Waals surface area contributed by atoms with Crippen LogP contribution in [-0.2, 0) is 4.74 Å². The molecule has 0 bridgehead atoms. The van der Waals surface area contributed by atoms with E-state index in [0.29, 0.717) is 5.56 Å². The second-order valence-corrected chi connectivity index (χ2v) is 5.78. The maximum atomic E-state index is 12.2. The molecule has 0 saturated carbocycles. The van der Waals surface area contributed by atoms with E-state index in [1.54, 1.807) is 0 Å². The van der Waals surface area contributed by atoms with Gasteiger partial charge in [-0.05, 0) is 29.8 Å². The molecule has 1 amide bonds. The number of aliphatic hydroxyl groups excluding tert-OH is 1. The highest BCUT2D eigenvalue weighted by molar-refractivity contribution is 5.94. The van der Waals surface area contributed by atoms with Gasteiger partial charge in [0.1, 0.15) is 0 Å². The van der Waals surface area contributed by atoms with E-state index in [-0.39, 0.29) is 12.5 Å². The van der Waals surface area contributed by atoms with Gasteiger partial charge in [-0.2, -0.15) is 0 Å². The molecule has 1 aliphatic heterocycles. The maximum absolute atomic E-state index is 12.2. The van der Waals surface area contributed by atoms with E-state index in [9.17, 15) is 9.90 Å². The molecule has 24 heavy (non-hydrogen) atoms. The fourth-order valence-corrected chi connectivity index (χ4v) is 2.73. The zero-order valence-electron chi connectivity index (χ0n) is 13.5. The third-order valence-electron chi connectivity index (χ3n) is 4.15. The Morgan fingerprint density at radius 3 is 2.42 bits per heavy atom. The fourth-order valence-electron chi connectivity index (χ4n) is 2.73. The van der Waals surface area contributed by atoms with Gasteiger partial charge >= 0.3 is 0 Å². The third kappa shape index (κ3) is 4.13. The largest absolute Gasteiger partial charge is 0.387 e. The zero-order chi connectivity index (χ0) is 16.8. The molecule has 0 radical (unpaired) electrons. The number of amides is 1. The van der Waals surface area contributed by atoms with Crippen LogP contribution in [0.4, 0.5) is 5.69 Å². The molecule has 0 aliphatic carbocycles. The minimum Gasteiger partial charge on any atom is -0.387 e. The summed E-state index contributed by atoms with van der Waals surface area (Å²) in [7, 11) is 0. The molecular weight excluding hydrogens is 304 g/mol. The number of nitrogens with zero attached hydrogens (tertiary/aromatic N) is 1. The second kappa shape index (κ2) is 7.95. The van der Waals surface area contributed by atoms with Crippen molar-refractivity contribution in [2.45, 2.75) is 6.10 Å². The molecule has 1 saturated heterocycles. The van der Waals surface area contributed by atoms with Crippen molar-refractivity contribution < 1.29 is 14.6 Å². The summed E-state index contributed by atoms with van der Waals surface area (Å²) in [5.41, 5.74) is 2.48. The molecule has 2 aromatic rings. The van der Waals surface area contributed by atoms with Crippen LogP contribution in [0.25, 0.3) is 0 Å². The normalized spacial score (nSPS) is 15.8. The summed E-state index contributed by atoms with van der Waals surface area (Å²) in [6.07, 6.45) is -0.706. The van der Waals surface area contributed by atoms with E-state index in [1.165, 1.54) is 0 Å². The number of nitrogens with one attached hydrogen (secondary N) is 1. The number of ether oxygens (including phenoxy) is 1. The number of benzene rings is 2.